The van der Waals surface area contributed by atoms with Gasteiger partial charge in [-0.3, -0.25) is 14.5 Å². The van der Waals surface area contributed by atoms with E-state index in [9.17, 15) is 9.59 Å². The second-order valence-electron chi connectivity index (χ2n) is 8.71. The molecular weight excluding hydrogens is 404 g/mol. The topological polar surface area (TPSA) is 67.9 Å². The Morgan fingerprint density at radius 1 is 1.00 bits per heavy atom. The first-order valence-corrected chi connectivity index (χ1v) is 11.4. The summed E-state index contributed by atoms with van der Waals surface area (Å²) < 4.78 is 11.3. The highest BCUT2D eigenvalue weighted by Crippen LogP contribution is 2.43. The van der Waals surface area contributed by atoms with Gasteiger partial charge in [-0.25, -0.2) is 0 Å². The number of rotatable bonds is 5. The molecule has 6 heteroatoms. The second kappa shape index (κ2) is 8.69. The number of nitrogens with zero attached hydrogens (tertiary/aromatic N) is 1. The molecule has 2 heterocycles. The number of ether oxygens (including phenoxy) is 2. The SMILES string of the molecule is O=C1C[C@@](/C=C/c2ccccc2)(C(=O)NC2CCCCC2)N1c1ccc2c(c1)OCCO2. The molecule has 1 N–H and O–H groups in total. The summed E-state index contributed by atoms with van der Waals surface area (Å²) >= 11 is 0. The lowest BCUT2D eigenvalue weighted by atomic mass is 9.80. The first kappa shape index (κ1) is 20.6. The highest BCUT2D eigenvalue weighted by atomic mass is 16.6. The molecule has 0 aromatic heterocycles. The molecule has 0 unspecified atom stereocenters. The summed E-state index contributed by atoms with van der Waals surface area (Å²) in [6.45, 7) is 0.966. The van der Waals surface area contributed by atoms with Crippen molar-refractivity contribution in [2.75, 3.05) is 18.1 Å². The Balaban J connectivity index is 1.49. The summed E-state index contributed by atoms with van der Waals surface area (Å²) in [6, 6.07) is 15.4. The van der Waals surface area contributed by atoms with Gasteiger partial charge in [-0.1, -0.05) is 55.7 Å². The molecule has 0 radical (unpaired) electrons. The van der Waals surface area contributed by atoms with E-state index < -0.39 is 5.54 Å². The Kier molecular flexibility index (Phi) is 5.60. The number of fused-ring (bicyclic) bond motifs is 1. The number of carbonyl (C=O) groups excluding carboxylic acids is 2. The molecule has 1 saturated heterocycles. The van der Waals surface area contributed by atoms with E-state index in [1.165, 1.54) is 6.42 Å². The van der Waals surface area contributed by atoms with Crippen molar-refractivity contribution in [2.24, 2.45) is 0 Å². The fraction of sp³-hybridized carbons (Fsp3) is 0.385. The molecule has 2 fully saturated rings. The molecule has 2 aromatic rings. The predicted octanol–water partition coefficient (Wildman–Crippen LogP) is 4.10. The molecule has 166 valence electrons. The monoisotopic (exact) mass is 432 g/mol. The highest BCUT2D eigenvalue weighted by Gasteiger charge is 2.56. The van der Waals surface area contributed by atoms with E-state index in [0.29, 0.717) is 30.4 Å². The van der Waals surface area contributed by atoms with E-state index in [0.717, 1.165) is 31.2 Å². The lowest BCUT2D eigenvalue weighted by Crippen LogP contribution is -2.70. The number of hydrogen-bond donors (Lipinski definition) is 1. The number of β-lactam (4-membered cyclic amide) rings is 1. The van der Waals surface area contributed by atoms with Crippen molar-refractivity contribution >= 4 is 23.6 Å². The van der Waals surface area contributed by atoms with E-state index in [1.807, 2.05) is 48.6 Å². The third kappa shape index (κ3) is 3.85. The van der Waals surface area contributed by atoms with Crippen molar-refractivity contribution in [1.82, 2.24) is 5.32 Å². The minimum Gasteiger partial charge on any atom is -0.486 e. The van der Waals surface area contributed by atoms with Crippen LogP contribution in [0, 0.1) is 0 Å². The van der Waals surface area contributed by atoms with E-state index in [2.05, 4.69) is 5.32 Å². The van der Waals surface area contributed by atoms with E-state index in [1.54, 1.807) is 17.0 Å². The lowest BCUT2D eigenvalue weighted by molar-refractivity contribution is -0.137. The Morgan fingerprint density at radius 2 is 1.75 bits per heavy atom. The molecule has 0 spiro atoms. The normalized spacial score (nSPS) is 23.1. The number of amides is 2. The number of carbonyl (C=O) groups is 2. The van der Waals surface area contributed by atoms with Crippen LogP contribution in [0.4, 0.5) is 5.69 Å². The number of benzene rings is 2. The van der Waals surface area contributed by atoms with Gasteiger partial charge in [0.05, 0.1) is 6.42 Å². The summed E-state index contributed by atoms with van der Waals surface area (Å²) in [5, 5.41) is 3.24. The molecule has 1 saturated carbocycles. The molecule has 0 bridgehead atoms. The summed E-state index contributed by atoms with van der Waals surface area (Å²) in [6.07, 6.45) is 9.39. The zero-order chi connectivity index (χ0) is 22.0. The van der Waals surface area contributed by atoms with E-state index in [4.69, 9.17) is 9.47 Å². The van der Waals surface area contributed by atoms with Crippen LogP contribution in [0.2, 0.25) is 0 Å². The van der Waals surface area contributed by atoms with Crippen LogP contribution in [-0.2, 0) is 9.59 Å². The minimum atomic E-state index is -1.06. The predicted molar refractivity (Wildman–Crippen MR) is 123 cm³/mol. The molecule has 2 amide bonds. The maximum Gasteiger partial charge on any atom is 0.251 e. The maximum absolute atomic E-state index is 13.6. The van der Waals surface area contributed by atoms with Gasteiger partial charge < -0.3 is 14.8 Å². The third-order valence-electron chi connectivity index (χ3n) is 6.54. The molecule has 5 rings (SSSR count). The fourth-order valence-electron chi connectivity index (χ4n) is 4.81. The minimum absolute atomic E-state index is 0.0850. The van der Waals surface area contributed by atoms with Crippen LogP contribution in [0.15, 0.2) is 54.6 Å². The van der Waals surface area contributed by atoms with Gasteiger partial charge in [-0.05, 0) is 36.6 Å². The van der Waals surface area contributed by atoms with Crippen molar-refractivity contribution in [3.8, 4) is 11.5 Å². The number of hydrogen-bond acceptors (Lipinski definition) is 4. The molecule has 6 nitrogen and oxygen atoms in total. The van der Waals surface area contributed by atoms with Gasteiger partial charge in [0.2, 0.25) is 5.91 Å². The van der Waals surface area contributed by atoms with Crippen molar-refractivity contribution in [1.29, 1.82) is 0 Å². The van der Waals surface area contributed by atoms with Crippen LogP contribution in [0.25, 0.3) is 6.08 Å². The van der Waals surface area contributed by atoms with E-state index >= 15 is 0 Å². The van der Waals surface area contributed by atoms with Gasteiger partial charge in [0, 0.05) is 17.8 Å². The standard InChI is InChI=1S/C26H28N2O4/c29-24-18-26(14-13-19-7-3-1-4-8-19,25(30)27-20-9-5-2-6-10-20)28(24)21-11-12-22-23(17-21)32-16-15-31-22/h1,3-4,7-8,11-14,17,20H,2,5-6,9-10,15-16,18H2,(H,27,30)/b14-13+/t26-/m0/s1. The molecule has 3 aliphatic rings. The summed E-state index contributed by atoms with van der Waals surface area (Å²) in [7, 11) is 0. The van der Waals surface area contributed by atoms with Crippen LogP contribution in [0.5, 0.6) is 11.5 Å². The first-order chi connectivity index (χ1) is 15.7. The van der Waals surface area contributed by atoms with Crippen molar-refractivity contribution in [3.05, 3.63) is 60.2 Å². The second-order valence-corrected chi connectivity index (χ2v) is 8.71. The largest absolute Gasteiger partial charge is 0.486 e. The van der Waals surface area contributed by atoms with E-state index in [-0.39, 0.29) is 24.3 Å². The Hall–Kier alpha value is -3.28. The summed E-state index contributed by atoms with van der Waals surface area (Å²) in [4.78, 5) is 28.1. The third-order valence-corrected chi connectivity index (χ3v) is 6.54. The molecule has 1 atom stereocenters. The van der Waals surface area contributed by atoms with Gasteiger partial charge in [0.1, 0.15) is 13.2 Å². The quantitative estimate of drug-likeness (QED) is 0.723. The van der Waals surface area contributed by atoms with Crippen molar-refractivity contribution in [2.45, 2.75) is 50.1 Å². The average Bonchev–Trinajstić information content (AvgIpc) is 2.82. The molecule has 32 heavy (non-hydrogen) atoms. The Morgan fingerprint density at radius 3 is 2.50 bits per heavy atom. The zero-order valence-electron chi connectivity index (χ0n) is 18.1. The smallest absolute Gasteiger partial charge is 0.251 e. The summed E-state index contributed by atoms with van der Waals surface area (Å²) in [5.41, 5.74) is 0.564. The Bertz CT molecular complexity index is 1030. The molecular formula is C26H28N2O4. The van der Waals surface area contributed by atoms with Crippen LogP contribution in [-0.4, -0.2) is 36.6 Å². The Labute approximate surface area is 188 Å². The van der Waals surface area contributed by atoms with Crippen LogP contribution >= 0.6 is 0 Å². The number of anilines is 1. The van der Waals surface area contributed by atoms with Crippen LogP contribution < -0.4 is 19.7 Å². The number of nitrogens with one attached hydrogen (secondary N) is 1. The van der Waals surface area contributed by atoms with Gasteiger partial charge in [0.15, 0.2) is 17.0 Å². The van der Waals surface area contributed by atoms with Gasteiger partial charge in [-0.2, -0.15) is 0 Å². The fourth-order valence-corrected chi connectivity index (χ4v) is 4.81. The summed E-state index contributed by atoms with van der Waals surface area (Å²) in [5.74, 6) is 1.05. The van der Waals surface area contributed by atoms with Crippen LogP contribution in [0.1, 0.15) is 44.1 Å². The van der Waals surface area contributed by atoms with Gasteiger partial charge >= 0.3 is 0 Å². The van der Waals surface area contributed by atoms with Crippen molar-refractivity contribution < 1.29 is 19.1 Å². The van der Waals surface area contributed by atoms with Crippen molar-refractivity contribution in [3.63, 3.8) is 0 Å². The molecule has 2 aliphatic heterocycles. The lowest BCUT2D eigenvalue weighted by Gasteiger charge is -2.49. The van der Waals surface area contributed by atoms with Gasteiger partial charge in [-0.15, -0.1) is 0 Å². The van der Waals surface area contributed by atoms with Crippen LogP contribution in [0.3, 0.4) is 0 Å². The molecule has 1 aliphatic carbocycles. The molecule has 2 aromatic carbocycles. The maximum atomic E-state index is 13.6. The average molecular weight is 433 g/mol. The zero-order valence-corrected chi connectivity index (χ0v) is 18.1. The first-order valence-electron chi connectivity index (χ1n) is 11.4. The highest BCUT2D eigenvalue weighted by molar-refractivity contribution is 6.15. The van der Waals surface area contributed by atoms with Gasteiger partial charge in [0.25, 0.3) is 5.91 Å².